The molecule has 5 nitrogen and oxygen atoms in total. The van der Waals surface area contributed by atoms with E-state index in [4.69, 9.17) is 0 Å². The Bertz CT molecular complexity index is 760. The third-order valence-corrected chi connectivity index (χ3v) is 3.17. The van der Waals surface area contributed by atoms with Crippen LogP contribution in [0, 0.1) is 0 Å². The van der Waals surface area contributed by atoms with Crippen molar-refractivity contribution in [2.45, 2.75) is 13.3 Å². The molecule has 0 spiro atoms. The van der Waals surface area contributed by atoms with Crippen molar-refractivity contribution in [1.82, 2.24) is 19.7 Å². The maximum atomic E-state index is 12.5. The number of hydrogen-bond acceptors (Lipinski definition) is 3. The summed E-state index contributed by atoms with van der Waals surface area (Å²) in [7, 11) is 0. The van der Waals surface area contributed by atoms with E-state index in [1.165, 1.54) is 4.68 Å². The van der Waals surface area contributed by atoms with Crippen LogP contribution in [0.5, 0.6) is 0 Å². The molecule has 0 fully saturated rings. The van der Waals surface area contributed by atoms with Crippen molar-refractivity contribution in [3.05, 3.63) is 64.8 Å². The molecular weight excluding hydrogens is 252 g/mol. The van der Waals surface area contributed by atoms with Crippen LogP contribution < -0.4 is 5.56 Å². The molecule has 0 aliphatic rings. The van der Waals surface area contributed by atoms with Gasteiger partial charge in [0.1, 0.15) is 0 Å². The molecule has 100 valence electrons. The lowest BCUT2D eigenvalue weighted by Gasteiger charge is -2.00. The Morgan fingerprint density at radius 1 is 1.20 bits per heavy atom. The van der Waals surface area contributed by atoms with Crippen molar-refractivity contribution in [2.75, 3.05) is 0 Å². The van der Waals surface area contributed by atoms with Crippen LogP contribution >= 0.6 is 0 Å². The topological polar surface area (TPSA) is 63.6 Å². The van der Waals surface area contributed by atoms with Crippen molar-refractivity contribution in [3.63, 3.8) is 0 Å². The molecule has 20 heavy (non-hydrogen) atoms. The molecule has 0 unspecified atom stereocenters. The van der Waals surface area contributed by atoms with E-state index < -0.39 is 0 Å². The zero-order valence-corrected chi connectivity index (χ0v) is 11.1. The lowest BCUT2D eigenvalue weighted by atomic mass is 10.1. The monoisotopic (exact) mass is 266 g/mol. The van der Waals surface area contributed by atoms with Gasteiger partial charge in [-0.25, -0.2) is 9.67 Å². The fourth-order valence-corrected chi connectivity index (χ4v) is 2.20. The molecular formula is C15H14N4O. The molecule has 3 aromatic rings. The Morgan fingerprint density at radius 2 is 2.10 bits per heavy atom. The highest BCUT2D eigenvalue weighted by atomic mass is 16.1. The summed E-state index contributed by atoms with van der Waals surface area (Å²) in [4.78, 5) is 20.8. The Kier molecular flexibility index (Phi) is 3.16. The highest BCUT2D eigenvalue weighted by Crippen LogP contribution is 2.19. The van der Waals surface area contributed by atoms with Gasteiger partial charge in [0, 0.05) is 29.7 Å². The number of rotatable bonds is 3. The quantitative estimate of drug-likeness (QED) is 0.790. The standard InChI is InChI=1S/C15H14N4O/c1-2-12-14(11-6-5-8-16-10-11)18-19(15(12)20)13-7-3-4-9-17-13/h3-10,18H,2H2,1H3. The molecule has 5 heteroatoms. The normalized spacial score (nSPS) is 10.7. The molecule has 1 N–H and O–H groups in total. The van der Waals surface area contributed by atoms with E-state index in [9.17, 15) is 4.79 Å². The first-order valence-corrected chi connectivity index (χ1v) is 6.47. The molecule has 0 bridgehead atoms. The Hall–Kier alpha value is -2.69. The van der Waals surface area contributed by atoms with E-state index in [1.54, 1.807) is 24.7 Å². The van der Waals surface area contributed by atoms with Gasteiger partial charge in [0.2, 0.25) is 0 Å². The van der Waals surface area contributed by atoms with Gasteiger partial charge in [-0.3, -0.25) is 14.9 Å². The zero-order valence-electron chi connectivity index (χ0n) is 11.1. The number of aromatic nitrogens is 4. The van der Waals surface area contributed by atoms with Gasteiger partial charge in [-0.1, -0.05) is 13.0 Å². The second-order valence-electron chi connectivity index (χ2n) is 4.39. The number of pyridine rings is 2. The van der Waals surface area contributed by atoms with Gasteiger partial charge >= 0.3 is 0 Å². The van der Waals surface area contributed by atoms with E-state index in [0.29, 0.717) is 12.2 Å². The van der Waals surface area contributed by atoms with Crippen molar-refractivity contribution in [1.29, 1.82) is 0 Å². The Labute approximate surface area is 115 Å². The SMILES string of the molecule is CCc1c(-c2cccnc2)[nH]n(-c2ccccn2)c1=O. The smallest absolute Gasteiger partial charge is 0.276 e. The fourth-order valence-electron chi connectivity index (χ4n) is 2.20. The third kappa shape index (κ3) is 2.03. The molecule has 0 aromatic carbocycles. The molecule has 0 aliphatic carbocycles. The minimum Gasteiger partial charge on any atom is -0.289 e. The van der Waals surface area contributed by atoms with Gasteiger partial charge in [0.15, 0.2) is 5.82 Å². The Morgan fingerprint density at radius 3 is 2.75 bits per heavy atom. The summed E-state index contributed by atoms with van der Waals surface area (Å²) < 4.78 is 1.47. The lowest BCUT2D eigenvalue weighted by molar-refractivity contribution is 0.818. The lowest BCUT2D eigenvalue weighted by Crippen LogP contribution is -2.17. The van der Waals surface area contributed by atoms with Crippen LogP contribution in [0.2, 0.25) is 0 Å². The van der Waals surface area contributed by atoms with Gasteiger partial charge < -0.3 is 0 Å². The van der Waals surface area contributed by atoms with E-state index in [0.717, 1.165) is 16.8 Å². The zero-order chi connectivity index (χ0) is 13.9. The van der Waals surface area contributed by atoms with Gasteiger partial charge in [0.05, 0.1) is 5.69 Å². The molecule has 0 amide bonds. The van der Waals surface area contributed by atoms with Crippen molar-refractivity contribution >= 4 is 0 Å². The van der Waals surface area contributed by atoms with Gasteiger partial charge in [0.25, 0.3) is 5.56 Å². The molecule has 0 aliphatic heterocycles. The summed E-state index contributed by atoms with van der Waals surface area (Å²) in [6.45, 7) is 1.97. The minimum atomic E-state index is -0.0648. The predicted molar refractivity (Wildman–Crippen MR) is 76.8 cm³/mol. The van der Waals surface area contributed by atoms with Crippen molar-refractivity contribution < 1.29 is 0 Å². The second kappa shape index (κ2) is 5.13. The van der Waals surface area contributed by atoms with Crippen LogP contribution in [-0.2, 0) is 6.42 Å². The summed E-state index contributed by atoms with van der Waals surface area (Å²) in [5.41, 5.74) is 2.38. The summed E-state index contributed by atoms with van der Waals surface area (Å²) in [6.07, 6.45) is 5.77. The minimum absolute atomic E-state index is 0.0648. The number of nitrogens with zero attached hydrogens (tertiary/aromatic N) is 3. The number of H-pyrrole nitrogens is 1. The van der Waals surface area contributed by atoms with Gasteiger partial charge in [-0.05, 0) is 30.7 Å². The summed E-state index contributed by atoms with van der Waals surface area (Å²) in [5, 5.41) is 3.14. The first-order chi connectivity index (χ1) is 9.81. The third-order valence-electron chi connectivity index (χ3n) is 3.17. The number of hydrogen-bond donors (Lipinski definition) is 1. The highest BCUT2D eigenvalue weighted by Gasteiger charge is 2.15. The first kappa shape index (κ1) is 12.3. The van der Waals surface area contributed by atoms with Crippen molar-refractivity contribution in [3.8, 4) is 17.1 Å². The van der Waals surface area contributed by atoms with Crippen LogP contribution in [0.25, 0.3) is 17.1 Å². The van der Waals surface area contributed by atoms with E-state index in [2.05, 4.69) is 15.1 Å². The van der Waals surface area contributed by atoms with Gasteiger partial charge in [-0.2, -0.15) is 0 Å². The molecule has 3 aromatic heterocycles. The molecule has 0 saturated carbocycles. The molecule has 0 radical (unpaired) electrons. The van der Waals surface area contributed by atoms with Crippen LogP contribution in [-0.4, -0.2) is 19.7 Å². The highest BCUT2D eigenvalue weighted by molar-refractivity contribution is 5.61. The van der Waals surface area contributed by atoms with Gasteiger partial charge in [-0.15, -0.1) is 0 Å². The van der Waals surface area contributed by atoms with Crippen LogP contribution in [0.4, 0.5) is 0 Å². The van der Waals surface area contributed by atoms with Crippen LogP contribution in [0.15, 0.2) is 53.7 Å². The Balaban J connectivity index is 2.21. The summed E-state index contributed by atoms with van der Waals surface area (Å²) in [5.74, 6) is 0.586. The average Bonchev–Trinajstić information content (AvgIpc) is 2.86. The summed E-state index contributed by atoms with van der Waals surface area (Å²) in [6, 6.07) is 9.25. The average molecular weight is 266 g/mol. The van der Waals surface area contributed by atoms with E-state index in [-0.39, 0.29) is 5.56 Å². The fraction of sp³-hybridized carbons (Fsp3) is 0.133. The van der Waals surface area contributed by atoms with Crippen LogP contribution in [0.1, 0.15) is 12.5 Å². The molecule has 0 atom stereocenters. The van der Waals surface area contributed by atoms with E-state index in [1.807, 2.05) is 31.2 Å². The van der Waals surface area contributed by atoms with Crippen molar-refractivity contribution in [2.24, 2.45) is 0 Å². The summed E-state index contributed by atoms with van der Waals surface area (Å²) >= 11 is 0. The molecule has 0 saturated heterocycles. The largest absolute Gasteiger partial charge is 0.289 e. The predicted octanol–water partition coefficient (Wildman–Crippen LogP) is 2.18. The first-order valence-electron chi connectivity index (χ1n) is 6.47. The number of nitrogens with one attached hydrogen (secondary N) is 1. The second-order valence-corrected chi connectivity index (χ2v) is 4.39. The molecule has 3 heterocycles. The van der Waals surface area contributed by atoms with Crippen LogP contribution in [0.3, 0.4) is 0 Å². The maximum absolute atomic E-state index is 12.5. The number of aromatic amines is 1. The van der Waals surface area contributed by atoms with E-state index >= 15 is 0 Å². The maximum Gasteiger partial charge on any atom is 0.276 e. The molecule has 3 rings (SSSR count).